The van der Waals surface area contributed by atoms with Crippen LogP contribution in [0.3, 0.4) is 0 Å². The summed E-state index contributed by atoms with van der Waals surface area (Å²) in [5.74, 6) is -0.829. The number of rotatable bonds is 7. The summed E-state index contributed by atoms with van der Waals surface area (Å²) in [6.07, 6.45) is 3.47. The van der Waals surface area contributed by atoms with Gasteiger partial charge in [0.15, 0.2) is 5.78 Å². The third kappa shape index (κ3) is 8.81. The molecule has 0 aliphatic carbocycles. The summed E-state index contributed by atoms with van der Waals surface area (Å²) >= 11 is 5.79. The summed E-state index contributed by atoms with van der Waals surface area (Å²) in [6.45, 7) is 8.22. The fourth-order valence-electron chi connectivity index (χ4n) is 2.44. The second-order valence-corrected chi connectivity index (χ2v) is 6.49. The van der Waals surface area contributed by atoms with Crippen molar-refractivity contribution in [3.63, 3.8) is 0 Å². The Bertz CT molecular complexity index is 963. The first-order valence-corrected chi connectivity index (χ1v) is 10.8. The molecular weight excluding hydrogens is 432 g/mol. The minimum Gasteiger partial charge on any atom is -0.461 e. The molecule has 2 N–H and O–H groups in total. The molecule has 32 heavy (non-hydrogen) atoms. The normalized spacial score (nSPS) is 9.53. The van der Waals surface area contributed by atoms with E-state index in [4.69, 9.17) is 21.1 Å². The molecule has 0 aliphatic rings. The van der Waals surface area contributed by atoms with Gasteiger partial charge in [0.25, 0.3) is 0 Å². The minimum absolute atomic E-state index is 0.0703. The Hall–Kier alpha value is -3.32. The fraction of sp³-hybridized carbons (Fsp3) is 0.292. The lowest BCUT2D eigenvalue weighted by Crippen LogP contribution is -2.05. The van der Waals surface area contributed by atoms with Gasteiger partial charge in [-0.25, -0.2) is 9.59 Å². The number of nitrogens with one attached hydrogen (secondary N) is 2. The molecule has 0 atom stereocenters. The van der Waals surface area contributed by atoms with Crippen molar-refractivity contribution in [3.8, 4) is 0 Å². The molecule has 3 aromatic rings. The van der Waals surface area contributed by atoms with Gasteiger partial charge in [0.05, 0.1) is 13.2 Å². The lowest BCUT2D eigenvalue weighted by molar-refractivity contribution is 0.0511. The third-order valence-electron chi connectivity index (χ3n) is 3.87. The topological polar surface area (TPSA) is 101 Å². The number of aromatic nitrogens is 2. The highest BCUT2D eigenvalue weighted by atomic mass is 35.5. The van der Waals surface area contributed by atoms with Crippen LogP contribution < -0.4 is 0 Å². The zero-order chi connectivity index (χ0) is 23.9. The highest BCUT2D eigenvalue weighted by Crippen LogP contribution is 2.13. The number of carbonyl (C=O) groups is 3. The standard InChI is InChI=1S/C15H14ClNO3.C7H9NO2.C2H6/c1-2-20-15(19)13-8-11(9-17-13)14(18)7-10-3-5-12(16)6-4-10;1-2-10-7(9)6-4-3-5-8-6;1-2/h3-6,8-9,17H,2,7H2,1H3;3-5,8H,2H2,1H3;1-2H3. The van der Waals surface area contributed by atoms with E-state index in [1.54, 1.807) is 56.4 Å². The highest BCUT2D eigenvalue weighted by molar-refractivity contribution is 6.30. The van der Waals surface area contributed by atoms with Gasteiger partial charge in [-0.2, -0.15) is 0 Å². The maximum atomic E-state index is 12.1. The third-order valence-corrected chi connectivity index (χ3v) is 4.12. The number of hydrogen-bond donors (Lipinski definition) is 2. The quantitative estimate of drug-likeness (QED) is 0.358. The Labute approximate surface area is 193 Å². The van der Waals surface area contributed by atoms with Crippen molar-refractivity contribution in [3.05, 3.63) is 82.4 Å². The SMILES string of the molecule is CC.CCOC(=O)c1cc(C(=O)Cc2ccc(Cl)cc2)c[nH]1.CCOC(=O)c1ccc[nH]1. The van der Waals surface area contributed by atoms with E-state index in [9.17, 15) is 14.4 Å². The van der Waals surface area contributed by atoms with Gasteiger partial charge in [0.2, 0.25) is 0 Å². The van der Waals surface area contributed by atoms with E-state index in [-0.39, 0.29) is 23.9 Å². The van der Waals surface area contributed by atoms with Crippen LogP contribution in [-0.2, 0) is 15.9 Å². The van der Waals surface area contributed by atoms with Crippen molar-refractivity contribution < 1.29 is 23.9 Å². The summed E-state index contributed by atoms with van der Waals surface area (Å²) in [6, 6.07) is 12.0. The van der Waals surface area contributed by atoms with Gasteiger partial charge in [0.1, 0.15) is 11.4 Å². The molecule has 7 nitrogen and oxygen atoms in total. The van der Waals surface area contributed by atoms with Crippen molar-refractivity contribution in [2.24, 2.45) is 0 Å². The van der Waals surface area contributed by atoms with Crippen molar-refractivity contribution >= 4 is 29.3 Å². The Kier molecular flexibility index (Phi) is 12.2. The van der Waals surface area contributed by atoms with Crippen LogP contribution in [0.25, 0.3) is 0 Å². The molecule has 0 aliphatic heterocycles. The molecule has 172 valence electrons. The average molecular weight is 461 g/mol. The largest absolute Gasteiger partial charge is 0.461 e. The molecule has 0 bridgehead atoms. The first-order chi connectivity index (χ1) is 15.4. The van der Waals surface area contributed by atoms with Crippen LogP contribution in [0.15, 0.2) is 54.9 Å². The van der Waals surface area contributed by atoms with E-state index < -0.39 is 5.97 Å². The number of ether oxygens (including phenoxy) is 2. The molecule has 1 aromatic carbocycles. The Morgan fingerprint density at radius 1 is 0.875 bits per heavy atom. The number of carbonyl (C=O) groups excluding carboxylic acids is 3. The molecule has 0 saturated heterocycles. The molecule has 0 spiro atoms. The lowest BCUT2D eigenvalue weighted by atomic mass is 10.1. The summed E-state index contributed by atoms with van der Waals surface area (Å²) in [5, 5.41) is 0.632. The smallest absolute Gasteiger partial charge is 0.354 e. The number of esters is 2. The minimum atomic E-state index is -0.460. The predicted molar refractivity (Wildman–Crippen MR) is 124 cm³/mol. The fourth-order valence-corrected chi connectivity index (χ4v) is 2.56. The average Bonchev–Trinajstić information content (AvgIpc) is 3.50. The van der Waals surface area contributed by atoms with Gasteiger partial charge in [-0.15, -0.1) is 0 Å². The van der Waals surface area contributed by atoms with E-state index >= 15 is 0 Å². The maximum Gasteiger partial charge on any atom is 0.354 e. The molecule has 0 amide bonds. The van der Waals surface area contributed by atoms with Crippen molar-refractivity contribution in [1.29, 1.82) is 0 Å². The molecule has 0 fully saturated rings. The summed E-state index contributed by atoms with van der Waals surface area (Å²) in [5.41, 5.74) is 2.12. The number of H-pyrrole nitrogens is 2. The monoisotopic (exact) mass is 460 g/mol. The Balaban J connectivity index is 0.000000358. The van der Waals surface area contributed by atoms with Gasteiger partial charge < -0.3 is 19.4 Å². The van der Waals surface area contributed by atoms with Gasteiger partial charge in [-0.3, -0.25) is 4.79 Å². The summed E-state index contributed by atoms with van der Waals surface area (Å²) in [4.78, 5) is 39.9. The number of benzene rings is 1. The van der Waals surface area contributed by atoms with Crippen molar-refractivity contribution in [2.45, 2.75) is 34.1 Å². The first-order valence-electron chi connectivity index (χ1n) is 10.4. The van der Waals surface area contributed by atoms with Gasteiger partial charge in [0, 0.05) is 29.4 Å². The van der Waals surface area contributed by atoms with E-state index in [0.717, 1.165) is 5.56 Å². The van der Waals surface area contributed by atoms with Crippen LogP contribution in [-0.4, -0.2) is 40.9 Å². The van der Waals surface area contributed by atoms with Gasteiger partial charge in [-0.05, 0) is 49.7 Å². The van der Waals surface area contributed by atoms with E-state index in [1.807, 2.05) is 13.8 Å². The Morgan fingerprint density at radius 2 is 1.47 bits per heavy atom. The second kappa shape index (κ2) is 14.6. The van der Waals surface area contributed by atoms with Crippen LogP contribution in [0.2, 0.25) is 5.02 Å². The predicted octanol–water partition coefficient (Wildman–Crippen LogP) is 5.49. The van der Waals surface area contributed by atoms with E-state index in [2.05, 4.69) is 9.97 Å². The van der Waals surface area contributed by atoms with Gasteiger partial charge >= 0.3 is 11.9 Å². The molecule has 0 unspecified atom stereocenters. The van der Waals surface area contributed by atoms with E-state index in [0.29, 0.717) is 29.5 Å². The molecule has 0 radical (unpaired) electrons. The van der Waals surface area contributed by atoms with Crippen molar-refractivity contribution in [2.75, 3.05) is 13.2 Å². The number of hydrogen-bond acceptors (Lipinski definition) is 5. The number of Topliss-reactive ketones (excluding diaryl/α,β-unsaturated/α-hetero) is 1. The lowest BCUT2D eigenvalue weighted by Gasteiger charge is -1.99. The molecule has 2 aromatic heterocycles. The second-order valence-electron chi connectivity index (χ2n) is 6.05. The summed E-state index contributed by atoms with van der Waals surface area (Å²) < 4.78 is 9.57. The zero-order valence-corrected chi connectivity index (χ0v) is 19.5. The highest BCUT2D eigenvalue weighted by Gasteiger charge is 2.14. The maximum absolute atomic E-state index is 12.1. The molecule has 2 heterocycles. The molecule has 8 heteroatoms. The van der Waals surface area contributed by atoms with Crippen molar-refractivity contribution in [1.82, 2.24) is 9.97 Å². The van der Waals surface area contributed by atoms with Crippen LogP contribution in [0.5, 0.6) is 0 Å². The van der Waals surface area contributed by atoms with Crippen LogP contribution in [0, 0.1) is 0 Å². The van der Waals surface area contributed by atoms with E-state index in [1.165, 1.54) is 12.3 Å². The Morgan fingerprint density at radius 3 is 2.00 bits per heavy atom. The molecular formula is C24H29ClN2O5. The molecule has 0 saturated carbocycles. The van der Waals surface area contributed by atoms with Crippen LogP contribution in [0.4, 0.5) is 0 Å². The van der Waals surface area contributed by atoms with Crippen LogP contribution in [0.1, 0.15) is 64.6 Å². The summed E-state index contributed by atoms with van der Waals surface area (Å²) in [7, 11) is 0. The molecule has 3 rings (SSSR count). The zero-order valence-electron chi connectivity index (χ0n) is 18.7. The van der Waals surface area contributed by atoms with Crippen LogP contribution >= 0.6 is 11.6 Å². The van der Waals surface area contributed by atoms with Gasteiger partial charge in [-0.1, -0.05) is 37.6 Å². The number of halogens is 1. The first kappa shape index (κ1) is 26.7. The number of aromatic amines is 2. The number of ketones is 1.